The maximum Gasteiger partial charge on any atom is 0.262 e. The first-order valence-electron chi connectivity index (χ1n) is 5.53. The zero-order valence-corrected chi connectivity index (χ0v) is 13.6. The van der Waals surface area contributed by atoms with Crippen molar-refractivity contribution in [3.05, 3.63) is 19.2 Å². The summed E-state index contributed by atoms with van der Waals surface area (Å²) < 4.78 is 1.70. The molecular formula is C11H12Br2N2O2S. The fraction of sp³-hybridized carbons (Fsp3) is 0.455. The van der Waals surface area contributed by atoms with Crippen LogP contribution in [0.4, 0.5) is 0 Å². The van der Waals surface area contributed by atoms with Crippen LogP contribution < -0.4 is 10.6 Å². The molecule has 18 heavy (non-hydrogen) atoms. The van der Waals surface area contributed by atoms with Crippen LogP contribution in [0, 0.1) is 0 Å². The summed E-state index contributed by atoms with van der Waals surface area (Å²) in [6.07, 6.45) is 2.08. The van der Waals surface area contributed by atoms with Gasteiger partial charge in [-0.25, -0.2) is 0 Å². The van der Waals surface area contributed by atoms with Gasteiger partial charge in [-0.1, -0.05) is 0 Å². The van der Waals surface area contributed by atoms with Crippen LogP contribution in [0.5, 0.6) is 0 Å². The minimum absolute atomic E-state index is 0.125. The number of halogens is 2. The van der Waals surface area contributed by atoms with Crippen molar-refractivity contribution in [2.45, 2.75) is 31.8 Å². The Morgan fingerprint density at radius 1 is 1.44 bits per heavy atom. The normalized spacial score (nSPS) is 16.2. The zero-order valence-electron chi connectivity index (χ0n) is 9.63. The Hall–Kier alpha value is -0.400. The number of carbonyl (C=O) groups is 2. The van der Waals surface area contributed by atoms with Crippen molar-refractivity contribution in [1.82, 2.24) is 10.6 Å². The third kappa shape index (κ3) is 3.55. The van der Waals surface area contributed by atoms with E-state index in [1.165, 1.54) is 11.3 Å². The molecule has 0 radical (unpaired) electrons. The van der Waals surface area contributed by atoms with E-state index in [1.54, 1.807) is 13.0 Å². The Bertz CT molecular complexity index is 466. The van der Waals surface area contributed by atoms with Crippen LogP contribution in [-0.2, 0) is 4.79 Å². The summed E-state index contributed by atoms with van der Waals surface area (Å²) in [5.41, 5.74) is 0. The van der Waals surface area contributed by atoms with Gasteiger partial charge in [0.2, 0.25) is 5.91 Å². The molecule has 2 N–H and O–H groups in total. The lowest BCUT2D eigenvalue weighted by atomic mass is 10.3. The molecule has 1 heterocycles. The first-order valence-corrected chi connectivity index (χ1v) is 7.93. The summed E-state index contributed by atoms with van der Waals surface area (Å²) >= 11 is 7.99. The maximum atomic E-state index is 11.9. The number of amides is 2. The van der Waals surface area contributed by atoms with Gasteiger partial charge in [0.25, 0.3) is 5.91 Å². The largest absolute Gasteiger partial charge is 0.352 e. The van der Waals surface area contributed by atoms with Crippen molar-refractivity contribution in [2.75, 3.05) is 0 Å². The van der Waals surface area contributed by atoms with E-state index in [9.17, 15) is 9.59 Å². The van der Waals surface area contributed by atoms with E-state index in [2.05, 4.69) is 42.5 Å². The van der Waals surface area contributed by atoms with Crippen molar-refractivity contribution in [2.24, 2.45) is 0 Å². The smallest absolute Gasteiger partial charge is 0.262 e. The van der Waals surface area contributed by atoms with Gasteiger partial charge in [-0.3, -0.25) is 9.59 Å². The molecule has 2 amide bonds. The zero-order chi connectivity index (χ0) is 13.3. The molecule has 1 aliphatic carbocycles. The van der Waals surface area contributed by atoms with Crippen LogP contribution in [0.1, 0.15) is 29.4 Å². The van der Waals surface area contributed by atoms with Gasteiger partial charge in [0.05, 0.1) is 8.66 Å². The third-order valence-corrected chi connectivity index (χ3v) is 5.79. The van der Waals surface area contributed by atoms with Gasteiger partial charge in [0.1, 0.15) is 6.04 Å². The average Bonchev–Trinajstić information content (AvgIpc) is 3.05. The highest BCUT2D eigenvalue weighted by atomic mass is 79.9. The van der Waals surface area contributed by atoms with E-state index >= 15 is 0 Å². The van der Waals surface area contributed by atoms with E-state index in [1.807, 2.05) is 0 Å². The minimum atomic E-state index is -0.516. The van der Waals surface area contributed by atoms with Crippen LogP contribution in [0.15, 0.2) is 14.3 Å². The van der Waals surface area contributed by atoms with E-state index in [4.69, 9.17) is 0 Å². The highest BCUT2D eigenvalue weighted by Gasteiger charge is 2.26. The van der Waals surface area contributed by atoms with Crippen LogP contribution in [0.3, 0.4) is 0 Å². The molecule has 1 unspecified atom stereocenters. The first kappa shape index (κ1) is 14.0. The number of nitrogens with one attached hydrogen (secondary N) is 2. The van der Waals surface area contributed by atoms with Crippen LogP contribution in [0.25, 0.3) is 0 Å². The second-order valence-electron chi connectivity index (χ2n) is 4.21. The standard InChI is InChI=1S/C11H12Br2N2O2S/c1-5(10(16)15-6-2-3-6)14-11(17)8-4-7(12)9(13)18-8/h4-6H,2-3H2,1H3,(H,14,17)(H,15,16). The van der Waals surface area contributed by atoms with E-state index < -0.39 is 6.04 Å². The molecule has 0 saturated heterocycles. The number of rotatable bonds is 4. The van der Waals surface area contributed by atoms with Crippen molar-refractivity contribution in [1.29, 1.82) is 0 Å². The highest BCUT2D eigenvalue weighted by Crippen LogP contribution is 2.32. The minimum Gasteiger partial charge on any atom is -0.352 e. The van der Waals surface area contributed by atoms with Gasteiger partial charge in [-0.05, 0) is 57.7 Å². The lowest BCUT2D eigenvalue weighted by molar-refractivity contribution is -0.122. The third-order valence-electron chi connectivity index (χ3n) is 2.53. The van der Waals surface area contributed by atoms with Crippen LogP contribution in [-0.4, -0.2) is 23.9 Å². The molecular weight excluding hydrogens is 384 g/mol. The molecule has 2 rings (SSSR count). The number of hydrogen-bond donors (Lipinski definition) is 2. The SMILES string of the molecule is CC(NC(=O)c1cc(Br)c(Br)s1)C(=O)NC1CC1. The summed E-state index contributed by atoms with van der Waals surface area (Å²) in [5.74, 6) is -0.356. The van der Waals surface area contributed by atoms with Crippen molar-refractivity contribution < 1.29 is 9.59 Å². The molecule has 1 fully saturated rings. The molecule has 0 bridgehead atoms. The fourth-order valence-electron chi connectivity index (χ4n) is 1.35. The van der Waals surface area contributed by atoms with Gasteiger partial charge in [-0.15, -0.1) is 11.3 Å². The molecule has 98 valence electrons. The predicted molar refractivity (Wildman–Crippen MR) is 77.8 cm³/mol. The summed E-state index contributed by atoms with van der Waals surface area (Å²) in [6, 6.07) is 1.52. The summed E-state index contributed by atoms with van der Waals surface area (Å²) in [7, 11) is 0. The van der Waals surface area contributed by atoms with Crippen molar-refractivity contribution in [3.63, 3.8) is 0 Å². The summed E-state index contributed by atoms with van der Waals surface area (Å²) in [5, 5.41) is 5.55. The summed E-state index contributed by atoms with van der Waals surface area (Å²) in [6.45, 7) is 1.69. The molecule has 7 heteroatoms. The Morgan fingerprint density at radius 2 is 2.11 bits per heavy atom. The van der Waals surface area contributed by atoms with Crippen molar-refractivity contribution in [3.8, 4) is 0 Å². The first-order chi connectivity index (χ1) is 8.47. The maximum absolute atomic E-state index is 11.9. The molecule has 0 aliphatic heterocycles. The van der Waals surface area contributed by atoms with Gasteiger partial charge in [0.15, 0.2) is 0 Å². The van der Waals surface area contributed by atoms with Crippen LogP contribution >= 0.6 is 43.2 Å². The Kier molecular flexibility index (Phi) is 4.45. The molecule has 0 spiro atoms. The summed E-state index contributed by atoms with van der Waals surface area (Å²) in [4.78, 5) is 24.2. The van der Waals surface area contributed by atoms with E-state index in [0.29, 0.717) is 10.9 Å². The number of carbonyl (C=O) groups excluding carboxylic acids is 2. The van der Waals surface area contributed by atoms with Crippen LogP contribution in [0.2, 0.25) is 0 Å². The molecule has 1 aliphatic rings. The average molecular weight is 396 g/mol. The fourth-order valence-corrected chi connectivity index (χ4v) is 3.28. The van der Waals surface area contributed by atoms with Gasteiger partial charge >= 0.3 is 0 Å². The molecule has 1 atom stereocenters. The number of thiophene rings is 1. The van der Waals surface area contributed by atoms with Crippen molar-refractivity contribution >= 4 is 55.0 Å². The topological polar surface area (TPSA) is 58.2 Å². The lowest BCUT2D eigenvalue weighted by Crippen LogP contribution is -2.45. The Morgan fingerprint density at radius 3 is 2.61 bits per heavy atom. The Balaban J connectivity index is 1.91. The van der Waals surface area contributed by atoms with E-state index in [0.717, 1.165) is 21.1 Å². The van der Waals surface area contributed by atoms with Gasteiger partial charge < -0.3 is 10.6 Å². The molecule has 1 aromatic heterocycles. The lowest BCUT2D eigenvalue weighted by Gasteiger charge is -2.12. The molecule has 1 saturated carbocycles. The monoisotopic (exact) mass is 394 g/mol. The Labute approximate surface area is 126 Å². The quantitative estimate of drug-likeness (QED) is 0.823. The number of hydrogen-bond acceptors (Lipinski definition) is 3. The predicted octanol–water partition coefficient (Wildman–Crippen LogP) is 2.67. The van der Waals surface area contributed by atoms with Gasteiger partial charge in [0, 0.05) is 10.5 Å². The second kappa shape index (κ2) is 5.71. The molecule has 1 aromatic rings. The molecule has 4 nitrogen and oxygen atoms in total. The van der Waals surface area contributed by atoms with E-state index in [-0.39, 0.29) is 11.8 Å². The highest BCUT2D eigenvalue weighted by molar-refractivity contribution is 9.13. The van der Waals surface area contributed by atoms with Gasteiger partial charge in [-0.2, -0.15) is 0 Å². The molecule has 0 aromatic carbocycles. The second-order valence-corrected chi connectivity index (χ2v) is 7.43.